The first-order valence-electron chi connectivity index (χ1n) is 4.20. The Labute approximate surface area is 97.1 Å². The van der Waals surface area contributed by atoms with Crippen molar-refractivity contribution in [3.05, 3.63) is 40.4 Å². The molecular weight excluding hydrogens is 261 g/mol. The normalized spacial score (nSPS) is 10.4. The number of hydrogen-bond donors (Lipinski definition) is 0. The molecule has 1 rings (SSSR count). The lowest BCUT2D eigenvalue weighted by molar-refractivity contribution is 1.27. The van der Waals surface area contributed by atoms with Crippen molar-refractivity contribution in [1.29, 1.82) is 5.26 Å². The third kappa shape index (κ3) is 3.17. The van der Waals surface area contributed by atoms with E-state index in [1.807, 2.05) is 18.2 Å². The van der Waals surface area contributed by atoms with Crippen molar-refractivity contribution in [3.63, 3.8) is 0 Å². The minimum Gasteiger partial charge on any atom is -0.192 e. The van der Waals surface area contributed by atoms with Crippen molar-refractivity contribution in [2.75, 3.05) is 5.33 Å². The summed E-state index contributed by atoms with van der Waals surface area (Å²) >= 11 is 9.11. The molecule has 0 fully saturated rings. The number of alkyl halides is 1. The topological polar surface area (TPSA) is 23.8 Å². The van der Waals surface area contributed by atoms with Gasteiger partial charge in [0.2, 0.25) is 0 Å². The van der Waals surface area contributed by atoms with E-state index in [9.17, 15) is 0 Å². The molecule has 0 radical (unpaired) electrons. The minimum absolute atomic E-state index is 0.596. The zero-order valence-electron chi connectivity index (χ0n) is 7.50. The van der Waals surface area contributed by atoms with Gasteiger partial charge in [0.05, 0.1) is 11.6 Å². The summed E-state index contributed by atoms with van der Waals surface area (Å²) in [5.74, 6) is 0. The fourth-order valence-electron chi connectivity index (χ4n) is 1.04. The third-order valence-corrected chi connectivity index (χ3v) is 2.40. The van der Waals surface area contributed by atoms with Crippen molar-refractivity contribution < 1.29 is 0 Å². The Morgan fingerprint density at radius 2 is 2.29 bits per heavy atom. The molecule has 0 saturated heterocycles. The van der Waals surface area contributed by atoms with Gasteiger partial charge in [-0.15, -0.1) is 0 Å². The zero-order valence-corrected chi connectivity index (χ0v) is 9.85. The van der Waals surface area contributed by atoms with Crippen LogP contribution in [-0.4, -0.2) is 5.33 Å². The molecule has 0 N–H and O–H groups in total. The third-order valence-electron chi connectivity index (χ3n) is 1.71. The summed E-state index contributed by atoms with van der Waals surface area (Å²) in [6, 6.07) is 7.43. The molecule has 0 aliphatic rings. The average molecular weight is 271 g/mol. The molecule has 14 heavy (non-hydrogen) atoms. The minimum atomic E-state index is 0.596. The fourth-order valence-corrected chi connectivity index (χ4v) is 1.48. The maximum atomic E-state index is 8.85. The van der Waals surface area contributed by atoms with Crippen LogP contribution in [0.3, 0.4) is 0 Å². The standard InChI is InChI=1S/C11H9BrClN/c12-6-2-1-3-9-4-5-11(13)7-10(9)8-14/h1,3-5,7H,2,6H2. The van der Waals surface area contributed by atoms with Gasteiger partial charge >= 0.3 is 0 Å². The second-order valence-corrected chi connectivity index (χ2v) is 3.95. The van der Waals surface area contributed by atoms with Crippen molar-refractivity contribution in [2.24, 2.45) is 0 Å². The monoisotopic (exact) mass is 269 g/mol. The molecule has 0 aromatic heterocycles. The molecule has 3 heteroatoms. The number of allylic oxidation sites excluding steroid dienone is 1. The Balaban J connectivity index is 2.92. The van der Waals surface area contributed by atoms with E-state index in [2.05, 4.69) is 22.0 Å². The van der Waals surface area contributed by atoms with Gasteiger partial charge in [0, 0.05) is 10.4 Å². The molecule has 0 aliphatic carbocycles. The van der Waals surface area contributed by atoms with Crippen molar-refractivity contribution in [1.82, 2.24) is 0 Å². The lowest BCUT2D eigenvalue weighted by Gasteiger charge is -1.97. The van der Waals surface area contributed by atoms with Crippen molar-refractivity contribution in [2.45, 2.75) is 6.42 Å². The SMILES string of the molecule is N#Cc1cc(Cl)ccc1C=CCCBr. The first-order valence-corrected chi connectivity index (χ1v) is 5.70. The van der Waals surface area contributed by atoms with Gasteiger partial charge < -0.3 is 0 Å². The Bertz CT molecular complexity index is 379. The van der Waals surface area contributed by atoms with Crippen LogP contribution < -0.4 is 0 Å². The number of rotatable bonds is 3. The van der Waals surface area contributed by atoms with E-state index in [4.69, 9.17) is 16.9 Å². The zero-order chi connectivity index (χ0) is 10.4. The number of nitriles is 1. The molecular formula is C11H9BrClN. The van der Waals surface area contributed by atoms with Crippen LogP contribution >= 0.6 is 27.5 Å². The lowest BCUT2D eigenvalue weighted by Crippen LogP contribution is -1.81. The average Bonchev–Trinajstić information content (AvgIpc) is 2.20. The van der Waals surface area contributed by atoms with Gasteiger partial charge in [-0.25, -0.2) is 0 Å². The molecule has 0 saturated carbocycles. The summed E-state index contributed by atoms with van der Waals surface area (Å²) in [5, 5.41) is 10.4. The van der Waals surface area contributed by atoms with Gasteiger partial charge in [-0.05, 0) is 24.1 Å². The second-order valence-electron chi connectivity index (χ2n) is 2.72. The fraction of sp³-hybridized carbons (Fsp3) is 0.182. The van der Waals surface area contributed by atoms with Crippen molar-refractivity contribution >= 4 is 33.6 Å². The van der Waals surface area contributed by atoms with Crippen LogP contribution in [-0.2, 0) is 0 Å². The van der Waals surface area contributed by atoms with E-state index in [1.165, 1.54) is 0 Å². The summed E-state index contributed by atoms with van der Waals surface area (Å²) in [4.78, 5) is 0. The molecule has 72 valence electrons. The first-order chi connectivity index (χ1) is 6.77. The van der Waals surface area contributed by atoms with E-state index in [0.717, 1.165) is 17.3 Å². The van der Waals surface area contributed by atoms with E-state index < -0.39 is 0 Å². The van der Waals surface area contributed by atoms with E-state index >= 15 is 0 Å². The summed E-state index contributed by atoms with van der Waals surface area (Å²) < 4.78 is 0. The van der Waals surface area contributed by atoms with Gasteiger partial charge in [0.25, 0.3) is 0 Å². The Kier molecular flexibility index (Phi) is 4.72. The van der Waals surface area contributed by atoms with E-state index in [1.54, 1.807) is 12.1 Å². The molecule has 1 aromatic carbocycles. The Hall–Kier alpha value is -0.780. The Morgan fingerprint density at radius 3 is 2.93 bits per heavy atom. The largest absolute Gasteiger partial charge is 0.192 e. The van der Waals surface area contributed by atoms with Crippen LogP contribution in [0, 0.1) is 11.3 Å². The molecule has 0 spiro atoms. The van der Waals surface area contributed by atoms with Gasteiger partial charge in [0.15, 0.2) is 0 Å². The second kappa shape index (κ2) is 5.85. The maximum absolute atomic E-state index is 8.85. The highest BCUT2D eigenvalue weighted by atomic mass is 79.9. The smallest absolute Gasteiger partial charge is 0.0998 e. The highest BCUT2D eigenvalue weighted by molar-refractivity contribution is 9.09. The predicted octanol–water partition coefficient (Wildman–Crippen LogP) is 4.01. The molecule has 0 heterocycles. The highest BCUT2D eigenvalue weighted by Crippen LogP contribution is 2.16. The summed E-state index contributed by atoms with van der Waals surface area (Å²) in [6.45, 7) is 0. The maximum Gasteiger partial charge on any atom is 0.0998 e. The number of nitrogens with zero attached hydrogens (tertiary/aromatic N) is 1. The molecule has 0 bridgehead atoms. The van der Waals surface area contributed by atoms with Crippen LogP contribution in [0.25, 0.3) is 6.08 Å². The molecule has 0 atom stereocenters. The van der Waals surface area contributed by atoms with Crippen molar-refractivity contribution in [3.8, 4) is 6.07 Å². The first kappa shape index (κ1) is 11.3. The quantitative estimate of drug-likeness (QED) is 0.761. The summed E-state index contributed by atoms with van der Waals surface area (Å²) in [6.07, 6.45) is 4.92. The van der Waals surface area contributed by atoms with Gasteiger partial charge in [-0.2, -0.15) is 5.26 Å². The van der Waals surface area contributed by atoms with Crippen LogP contribution in [0.4, 0.5) is 0 Å². The Morgan fingerprint density at radius 1 is 1.50 bits per heavy atom. The van der Waals surface area contributed by atoms with Gasteiger partial charge in [-0.1, -0.05) is 45.7 Å². The molecule has 1 nitrogen and oxygen atoms in total. The van der Waals surface area contributed by atoms with Crippen LogP contribution in [0.15, 0.2) is 24.3 Å². The van der Waals surface area contributed by atoms with Crippen LogP contribution in [0.5, 0.6) is 0 Å². The highest BCUT2D eigenvalue weighted by Gasteiger charge is 1.98. The molecule has 0 unspecified atom stereocenters. The van der Waals surface area contributed by atoms with Gasteiger partial charge in [-0.3, -0.25) is 0 Å². The summed E-state index contributed by atoms with van der Waals surface area (Å²) in [5.41, 5.74) is 1.53. The van der Waals surface area contributed by atoms with Gasteiger partial charge in [0.1, 0.15) is 0 Å². The molecule has 1 aromatic rings. The molecule has 0 aliphatic heterocycles. The van der Waals surface area contributed by atoms with Crippen LogP contribution in [0.1, 0.15) is 17.5 Å². The molecule has 0 amide bonds. The number of halogens is 2. The predicted molar refractivity (Wildman–Crippen MR) is 63.6 cm³/mol. The van der Waals surface area contributed by atoms with Crippen LogP contribution in [0.2, 0.25) is 5.02 Å². The lowest BCUT2D eigenvalue weighted by atomic mass is 10.1. The van der Waals surface area contributed by atoms with E-state index in [-0.39, 0.29) is 0 Å². The number of hydrogen-bond acceptors (Lipinski definition) is 1. The number of benzene rings is 1. The van der Waals surface area contributed by atoms with E-state index in [0.29, 0.717) is 10.6 Å². The summed E-state index contributed by atoms with van der Waals surface area (Å²) in [7, 11) is 0.